The van der Waals surface area contributed by atoms with Crippen molar-refractivity contribution in [3.8, 4) is 0 Å². The van der Waals surface area contributed by atoms with Crippen molar-refractivity contribution in [2.45, 2.75) is 58.2 Å². The molecule has 0 aliphatic carbocycles. The molecule has 0 aromatic rings. The summed E-state index contributed by atoms with van der Waals surface area (Å²) in [6, 6.07) is 0. The van der Waals surface area contributed by atoms with Gasteiger partial charge in [-0.15, -0.1) is 0 Å². The molecular weight excluding hydrogens is 190 g/mol. The molecule has 1 heterocycles. The lowest BCUT2D eigenvalue weighted by molar-refractivity contribution is -0.0653. The summed E-state index contributed by atoms with van der Waals surface area (Å²) in [5, 5.41) is 10.4. The van der Waals surface area contributed by atoms with Crippen molar-refractivity contribution < 1.29 is 9.84 Å². The summed E-state index contributed by atoms with van der Waals surface area (Å²) in [6.07, 6.45) is 4.28. The van der Waals surface area contributed by atoms with Gasteiger partial charge in [-0.3, -0.25) is 0 Å². The second kappa shape index (κ2) is 4.81. The molecule has 0 aromatic carbocycles. The van der Waals surface area contributed by atoms with Crippen LogP contribution in [0.3, 0.4) is 0 Å². The second-order valence-electron chi connectivity index (χ2n) is 5.66. The minimum Gasteiger partial charge on any atom is -0.388 e. The summed E-state index contributed by atoms with van der Waals surface area (Å²) in [5.41, 5.74) is 4.76. The molecule has 1 fully saturated rings. The molecule has 0 saturated carbocycles. The molecule has 1 rings (SSSR count). The van der Waals surface area contributed by atoms with Gasteiger partial charge in [-0.2, -0.15) is 0 Å². The molecule has 0 spiro atoms. The molecule has 2 atom stereocenters. The van der Waals surface area contributed by atoms with E-state index >= 15 is 0 Å². The first kappa shape index (κ1) is 12.9. The largest absolute Gasteiger partial charge is 0.388 e. The van der Waals surface area contributed by atoms with Crippen LogP contribution in [0.2, 0.25) is 0 Å². The molecule has 3 heteroatoms. The summed E-state index contributed by atoms with van der Waals surface area (Å²) in [6.45, 7) is 7.31. The van der Waals surface area contributed by atoms with Crippen LogP contribution in [0, 0.1) is 5.41 Å². The predicted octanol–water partition coefficient (Wildman–Crippen LogP) is 1.68. The van der Waals surface area contributed by atoms with E-state index in [0.29, 0.717) is 12.6 Å². The number of ether oxygens (including phenoxy) is 1. The molecule has 1 saturated heterocycles. The lowest BCUT2D eigenvalue weighted by atomic mass is 9.73. The number of hydrogen-bond donors (Lipinski definition) is 2. The summed E-state index contributed by atoms with van der Waals surface area (Å²) in [5.74, 6) is 0. The van der Waals surface area contributed by atoms with Gasteiger partial charge < -0.3 is 15.6 Å². The first-order chi connectivity index (χ1) is 6.89. The van der Waals surface area contributed by atoms with E-state index in [1.54, 1.807) is 0 Å². The van der Waals surface area contributed by atoms with Crippen molar-refractivity contribution in [2.75, 3.05) is 13.2 Å². The number of rotatable bonds is 4. The van der Waals surface area contributed by atoms with Crippen molar-refractivity contribution in [3.05, 3.63) is 0 Å². The Morgan fingerprint density at radius 3 is 2.47 bits per heavy atom. The Kier molecular flexibility index (Phi) is 4.15. The minimum atomic E-state index is -0.765. The fraction of sp³-hybridized carbons (Fsp3) is 1.00. The average molecular weight is 215 g/mol. The van der Waals surface area contributed by atoms with Crippen LogP contribution in [0.1, 0.15) is 46.5 Å². The van der Waals surface area contributed by atoms with Gasteiger partial charge in [0.05, 0.1) is 11.7 Å². The Morgan fingerprint density at radius 2 is 2.07 bits per heavy atom. The van der Waals surface area contributed by atoms with Gasteiger partial charge in [0, 0.05) is 13.2 Å². The highest BCUT2D eigenvalue weighted by Crippen LogP contribution is 2.34. The summed E-state index contributed by atoms with van der Waals surface area (Å²) in [4.78, 5) is 0. The molecule has 3 N–H and O–H groups in total. The normalized spacial score (nSPS) is 26.6. The summed E-state index contributed by atoms with van der Waals surface area (Å²) in [7, 11) is 0. The standard InChI is InChI=1S/C12H25NO2/c1-11(2,3)12(14,9-13)7-6-10-5-4-8-15-10/h10,14H,4-9,13H2,1-3H3. The van der Waals surface area contributed by atoms with Crippen molar-refractivity contribution in [1.29, 1.82) is 0 Å². The lowest BCUT2D eigenvalue weighted by Crippen LogP contribution is -2.49. The van der Waals surface area contributed by atoms with Crippen LogP contribution in [0.15, 0.2) is 0 Å². The smallest absolute Gasteiger partial charge is 0.0818 e. The molecule has 15 heavy (non-hydrogen) atoms. The first-order valence-corrected chi connectivity index (χ1v) is 5.93. The summed E-state index contributed by atoms with van der Waals surface area (Å²) >= 11 is 0. The second-order valence-corrected chi connectivity index (χ2v) is 5.66. The zero-order valence-electron chi connectivity index (χ0n) is 10.3. The highest BCUT2D eigenvalue weighted by molar-refractivity contribution is 4.92. The van der Waals surface area contributed by atoms with Crippen molar-refractivity contribution in [1.82, 2.24) is 0 Å². The zero-order valence-corrected chi connectivity index (χ0v) is 10.3. The van der Waals surface area contributed by atoms with E-state index in [1.807, 2.05) is 20.8 Å². The summed E-state index contributed by atoms with van der Waals surface area (Å²) < 4.78 is 5.55. The number of nitrogens with two attached hydrogens (primary N) is 1. The molecule has 1 aliphatic heterocycles. The van der Waals surface area contributed by atoms with E-state index in [-0.39, 0.29) is 5.41 Å². The van der Waals surface area contributed by atoms with Crippen molar-refractivity contribution >= 4 is 0 Å². The fourth-order valence-corrected chi connectivity index (χ4v) is 2.06. The van der Waals surface area contributed by atoms with Crippen molar-refractivity contribution in [2.24, 2.45) is 11.1 Å². The third kappa shape index (κ3) is 3.16. The van der Waals surface area contributed by atoms with Gasteiger partial charge in [-0.05, 0) is 31.1 Å². The Hall–Kier alpha value is -0.120. The fourth-order valence-electron chi connectivity index (χ4n) is 2.06. The zero-order chi connectivity index (χ0) is 11.5. The molecule has 90 valence electrons. The SMILES string of the molecule is CC(C)(C)C(O)(CN)CCC1CCCO1. The van der Waals surface area contributed by atoms with Gasteiger partial charge in [-0.25, -0.2) is 0 Å². The van der Waals surface area contributed by atoms with Crippen LogP contribution in [-0.2, 0) is 4.74 Å². The Labute approximate surface area is 93.0 Å². The Bertz CT molecular complexity index is 194. The van der Waals surface area contributed by atoms with Gasteiger partial charge in [-0.1, -0.05) is 20.8 Å². The molecule has 2 unspecified atom stereocenters. The van der Waals surface area contributed by atoms with Gasteiger partial charge in [0.2, 0.25) is 0 Å². The minimum absolute atomic E-state index is 0.166. The molecule has 0 bridgehead atoms. The lowest BCUT2D eigenvalue weighted by Gasteiger charge is -2.40. The Balaban J connectivity index is 2.45. The molecule has 1 aliphatic rings. The molecule has 0 radical (unpaired) electrons. The number of aliphatic hydroxyl groups is 1. The quantitative estimate of drug-likeness (QED) is 0.750. The van der Waals surface area contributed by atoms with E-state index in [9.17, 15) is 5.11 Å². The molecule has 3 nitrogen and oxygen atoms in total. The van der Waals surface area contributed by atoms with E-state index in [1.165, 1.54) is 0 Å². The maximum atomic E-state index is 10.4. The molecule has 0 amide bonds. The highest BCUT2D eigenvalue weighted by atomic mass is 16.5. The van der Waals surface area contributed by atoms with Gasteiger partial charge >= 0.3 is 0 Å². The van der Waals surface area contributed by atoms with Crippen molar-refractivity contribution in [3.63, 3.8) is 0 Å². The van der Waals surface area contributed by atoms with Gasteiger partial charge in [0.25, 0.3) is 0 Å². The number of hydrogen-bond acceptors (Lipinski definition) is 3. The average Bonchev–Trinajstić information content (AvgIpc) is 2.64. The van der Waals surface area contributed by atoms with Gasteiger partial charge in [0.1, 0.15) is 0 Å². The van der Waals surface area contributed by atoms with E-state index in [0.717, 1.165) is 32.3 Å². The third-order valence-electron chi connectivity index (χ3n) is 3.64. The van der Waals surface area contributed by atoms with Crippen LogP contribution < -0.4 is 5.73 Å². The molecular formula is C12H25NO2. The van der Waals surface area contributed by atoms with Gasteiger partial charge in [0.15, 0.2) is 0 Å². The predicted molar refractivity (Wildman–Crippen MR) is 61.7 cm³/mol. The van der Waals surface area contributed by atoms with E-state index in [4.69, 9.17) is 10.5 Å². The van der Waals surface area contributed by atoms with Crippen LogP contribution in [0.25, 0.3) is 0 Å². The van der Waals surface area contributed by atoms with Crippen LogP contribution in [0.4, 0.5) is 0 Å². The third-order valence-corrected chi connectivity index (χ3v) is 3.64. The maximum absolute atomic E-state index is 10.4. The van der Waals surface area contributed by atoms with E-state index < -0.39 is 5.60 Å². The molecule has 0 aromatic heterocycles. The van der Waals surface area contributed by atoms with Crippen LogP contribution in [-0.4, -0.2) is 30.0 Å². The van der Waals surface area contributed by atoms with Crippen LogP contribution in [0.5, 0.6) is 0 Å². The topological polar surface area (TPSA) is 55.5 Å². The first-order valence-electron chi connectivity index (χ1n) is 5.93. The highest BCUT2D eigenvalue weighted by Gasteiger charge is 2.39. The Morgan fingerprint density at radius 1 is 1.40 bits per heavy atom. The monoisotopic (exact) mass is 215 g/mol. The van der Waals surface area contributed by atoms with Crippen LogP contribution >= 0.6 is 0 Å². The van der Waals surface area contributed by atoms with E-state index in [2.05, 4.69) is 0 Å². The maximum Gasteiger partial charge on any atom is 0.0818 e.